The third-order valence-corrected chi connectivity index (χ3v) is 5.79. The van der Waals surface area contributed by atoms with Crippen molar-refractivity contribution in [1.82, 2.24) is 4.98 Å². The first kappa shape index (κ1) is 19.9. The summed E-state index contributed by atoms with van der Waals surface area (Å²) in [4.78, 5) is 28.3. The van der Waals surface area contributed by atoms with E-state index in [1.807, 2.05) is 48.5 Å². The van der Waals surface area contributed by atoms with E-state index in [0.29, 0.717) is 20.8 Å². The third-order valence-electron chi connectivity index (χ3n) is 3.65. The molecule has 3 N–H and O–H groups in total. The molecule has 0 aliphatic carbocycles. The summed E-state index contributed by atoms with van der Waals surface area (Å²) < 4.78 is 6.34. The molecule has 1 aromatic heterocycles. The number of hydrogen-bond acceptors (Lipinski definition) is 6. The number of aromatic nitrogens is 1. The van der Waals surface area contributed by atoms with Gasteiger partial charge in [0.1, 0.15) is 16.4 Å². The van der Waals surface area contributed by atoms with Crippen LogP contribution in [0.3, 0.4) is 0 Å². The molecule has 2 aromatic carbocycles. The highest BCUT2D eigenvalue weighted by Crippen LogP contribution is 2.37. The van der Waals surface area contributed by atoms with Gasteiger partial charge in [-0.3, -0.25) is 9.59 Å². The second-order valence-electron chi connectivity index (χ2n) is 5.84. The van der Waals surface area contributed by atoms with Crippen molar-refractivity contribution in [2.45, 2.75) is 17.4 Å². The summed E-state index contributed by atoms with van der Waals surface area (Å²) in [6.45, 7) is 1.69. The molecule has 0 aliphatic heterocycles. The predicted octanol–water partition coefficient (Wildman–Crippen LogP) is 3.79. The van der Waals surface area contributed by atoms with Crippen molar-refractivity contribution in [1.29, 1.82) is 0 Å². The van der Waals surface area contributed by atoms with E-state index < -0.39 is 12.0 Å². The number of para-hydroxylation sites is 1. The zero-order chi connectivity index (χ0) is 19.9. The lowest BCUT2D eigenvalue weighted by Crippen LogP contribution is -2.30. The van der Waals surface area contributed by atoms with Crippen molar-refractivity contribution >= 4 is 39.9 Å². The number of primary amides is 1. The molecule has 2 amide bonds. The van der Waals surface area contributed by atoms with Gasteiger partial charge in [-0.15, -0.1) is 0 Å². The summed E-state index contributed by atoms with van der Waals surface area (Å²) in [6.07, 6.45) is -0.685. The predicted molar refractivity (Wildman–Crippen MR) is 113 cm³/mol. The van der Waals surface area contributed by atoms with E-state index in [9.17, 15) is 9.59 Å². The van der Waals surface area contributed by atoms with E-state index >= 15 is 0 Å². The average molecular weight is 414 g/mol. The monoisotopic (exact) mass is 413 g/mol. The first-order valence-electron chi connectivity index (χ1n) is 8.53. The van der Waals surface area contributed by atoms with Crippen molar-refractivity contribution in [2.24, 2.45) is 5.73 Å². The van der Waals surface area contributed by atoms with Crippen LogP contribution in [-0.2, 0) is 9.59 Å². The molecule has 0 radical (unpaired) electrons. The van der Waals surface area contributed by atoms with Crippen molar-refractivity contribution in [3.8, 4) is 17.0 Å². The Labute approximate surface area is 171 Å². The Kier molecular flexibility index (Phi) is 6.67. The summed E-state index contributed by atoms with van der Waals surface area (Å²) in [7, 11) is 0. The third kappa shape index (κ3) is 5.34. The maximum atomic E-state index is 12.6. The Morgan fingerprint density at radius 1 is 1.14 bits per heavy atom. The molecule has 3 aromatic rings. The molecular weight excluding hydrogens is 394 g/mol. The minimum atomic E-state index is -0.685. The number of amides is 2. The minimum Gasteiger partial charge on any atom is -0.481 e. The molecule has 0 spiro atoms. The van der Waals surface area contributed by atoms with E-state index in [4.69, 9.17) is 10.5 Å². The van der Waals surface area contributed by atoms with Crippen LogP contribution in [0, 0.1) is 0 Å². The zero-order valence-corrected chi connectivity index (χ0v) is 16.8. The van der Waals surface area contributed by atoms with Gasteiger partial charge in [0.05, 0.1) is 5.75 Å². The number of thioether (sulfide) groups is 1. The molecule has 0 unspecified atom stereocenters. The first-order valence-corrected chi connectivity index (χ1v) is 10.3. The van der Waals surface area contributed by atoms with Crippen molar-refractivity contribution < 1.29 is 14.3 Å². The number of carbonyl (C=O) groups is 2. The number of nitrogens with one attached hydrogen (secondary N) is 1. The topological polar surface area (TPSA) is 94.3 Å². The standard InChI is InChI=1S/C20H19N3O3S2/c1-13(26-15-10-6-3-7-11-15)18(25)23-19-17(14-8-4-2-5-9-14)22-20(28-19)27-12-16(21)24/h2-11,13H,12H2,1H3,(H2,21,24)(H,23,25)/t13-/m0/s1. The zero-order valence-electron chi connectivity index (χ0n) is 15.1. The van der Waals surface area contributed by atoms with Crippen molar-refractivity contribution in [2.75, 3.05) is 11.1 Å². The number of anilines is 1. The lowest BCUT2D eigenvalue weighted by atomic mass is 10.2. The highest BCUT2D eigenvalue weighted by Gasteiger charge is 2.20. The number of carbonyl (C=O) groups excluding carboxylic acids is 2. The first-order chi connectivity index (χ1) is 13.5. The maximum absolute atomic E-state index is 12.6. The fraction of sp³-hybridized carbons (Fsp3) is 0.150. The molecule has 0 saturated carbocycles. The van der Waals surface area contributed by atoms with Crippen LogP contribution in [0.25, 0.3) is 11.3 Å². The number of nitrogens with two attached hydrogens (primary N) is 1. The fourth-order valence-corrected chi connectivity index (χ4v) is 4.15. The van der Waals surface area contributed by atoms with Crippen LogP contribution in [-0.4, -0.2) is 28.7 Å². The van der Waals surface area contributed by atoms with Crippen LogP contribution in [0.4, 0.5) is 5.00 Å². The van der Waals surface area contributed by atoms with Gasteiger partial charge in [0.2, 0.25) is 5.91 Å². The van der Waals surface area contributed by atoms with Gasteiger partial charge < -0.3 is 15.8 Å². The summed E-state index contributed by atoms with van der Waals surface area (Å²) in [6, 6.07) is 18.7. The van der Waals surface area contributed by atoms with Gasteiger partial charge in [0, 0.05) is 5.56 Å². The summed E-state index contributed by atoms with van der Waals surface area (Å²) in [5, 5.41) is 3.50. The molecule has 1 heterocycles. The van der Waals surface area contributed by atoms with Crippen molar-refractivity contribution in [3.05, 3.63) is 60.7 Å². The van der Waals surface area contributed by atoms with Crippen LogP contribution in [0.5, 0.6) is 5.75 Å². The summed E-state index contributed by atoms with van der Waals surface area (Å²) >= 11 is 2.55. The largest absolute Gasteiger partial charge is 0.481 e. The molecule has 8 heteroatoms. The molecule has 3 rings (SSSR count). The second-order valence-corrected chi connectivity index (χ2v) is 8.06. The molecule has 6 nitrogen and oxygen atoms in total. The number of benzene rings is 2. The summed E-state index contributed by atoms with van der Waals surface area (Å²) in [5.74, 6) is 0.0475. The molecule has 0 saturated heterocycles. The Morgan fingerprint density at radius 2 is 1.79 bits per heavy atom. The van der Waals surface area contributed by atoms with Crippen LogP contribution < -0.4 is 15.8 Å². The highest BCUT2D eigenvalue weighted by atomic mass is 32.2. The molecule has 0 bridgehead atoms. The molecule has 28 heavy (non-hydrogen) atoms. The van der Waals surface area contributed by atoms with Gasteiger partial charge in [-0.05, 0) is 19.1 Å². The van der Waals surface area contributed by atoms with Gasteiger partial charge in [-0.25, -0.2) is 4.98 Å². The lowest BCUT2D eigenvalue weighted by Gasteiger charge is -2.14. The Bertz CT molecular complexity index is 946. The van der Waals surface area contributed by atoms with Crippen molar-refractivity contribution in [3.63, 3.8) is 0 Å². The minimum absolute atomic E-state index is 0.128. The smallest absolute Gasteiger partial charge is 0.265 e. The average Bonchev–Trinajstić information content (AvgIpc) is 3.10. The maximum Gasteiger partial charge on any atom is 0.265 e. The molecule has 144 valence electrons. The van der Waals surface area contributed by atoms with Gasteiger partial charge in [0.25, 0.3) is 5.91 Å². The van der Waals surface area contributed by atoms with Gasteiger partial charge in [-0.1, -0.05) is 71.6 Å². The SMILES string of the molecule is C[C@H](Oc1ccccc1)C(=O)Nc1sc(SCC(N)=O)nc1-c1ccccc1. The molecular formula is C20H19N3O3S2. The van der Waals surface area contributed by atoms with E-state index in [1.54, 1.807) is 19.1 Å². The van der Waals surface area contributed by atoms with Gasteiger partial charge >= 0.3 is 0 Å². The normalized spacial score (nSPS) is 11.6. The lowest BCUT2D eigenvalue weighted by molar-refractivity contribution is -0.122. The number of rotatable bonds is 8. The van der Waals surface area contributed by atoms with Crippen LogP contribution in [0.15, 0.2) is 65.0 Å². The summed E-state index contributed by atoms with van der Waals surface area (Å²) in [5.41, 5.74) is 6.74. The van der Waals surface area contributed by atoms with E-state index in [1.165, 1.54) is 23.1 Å². The quantitative estimate of drug-likeness (QED) is 0.548. The number of thiazole rings is 1. The molecule has 0 aliphatic rings. The second kappa shape index (κ2) is 9.38. The van der Waals surface area contributed by atoms with E-state index in [2.05, 4.69) is 10.3 Å². The van der Waals surface area contributed by atoms with Crippen LogP contribution >= 0.6 is 23.1 Å². The van der Waals surface area contributed by atoms with E-state index in [0.717, 1.165) is 5.56 Å². The van der Waals surface area contributed by atoms with Gasteiger partial charge in [-0.2, -0.15) is 0 Å². The van der Waals surface area contributed by atoms with E-state index in [-0.39, 0.29) is 11.7 Å². The molecule has 0 fully saturated rings. The fourth-order valence-electron chi connectivity index (χ4n) is 2.34. The number of hydrogen-bond donors (Lipinski definition) is 2. The Hall–Kier alpha value is -2.84. The van der Waals surface area contributed by atoms with Gasteiger partial charge in [0.15, 0.2) is 10.4 Å². The Morgan fingerprint density at radius 3 is 2.43 bits per heavy atom. The highest BCUT2D eigenvalue weighted by molar-refractivity contribution is 8.01. The Balaban J connectivity index is 1.79. The van der Waals surface area contributed by atoms with Crippen LogP contribution in [0.2, 0.25) is 0 Å². The number of ether oxygens (including phenoxy) is 1. The number of nitrogens with zero attached hydrogens (tertiary/aromatic N) is 1. The molecule has 1 atom stereocenters. The van der Waals surface area contributed by atoms with Crippen LogP contribution in [0.1, 0.15) is 6.92 Å².